The second kappa shape index (κ2) is 41.5. The Morgan fingerprint density at radius 2 is 0.664 bits per heavy atom. The molecule has 0 saturated carbocycles. The van der Waals surface area contributed by atoms with Crippen LogP contribution in [0, 0.1) is 13.8 Å². The van der Waals surface area contributed by atoms with Crippen molar-refractivity contribution in [3.05, 3.63) is 321 Å². The van der Waals surface area contributed by atoms with Crippen LogP contribution in [0.2, 0.25) is 0 Å². The van der Waals surface area contributed by atoms with Gasteiger partial charge in [-0.1, -0.05) is 237 Å². The summed E-state index contributed by atoms with van der Waals surface area (Å²) in [4.78, 5) is 26.6. The lowest BCUT2D eigenvalue weighted by molar-refractivity contribution is -0.395. The van der Waals surface area contributed by atoms with Crippen LogP contribution in [0.5, 0.6) is 0 Å². The fraction of sp³-hybridized carbons (Fsp3) is 0.371. The van der Waals surface area contributed by atoms with Gasteiger partial charge in [-0.2, -0.15) is 0 Å². The molecule has 9 aromatic rings. The van der Waals surface area contributed by atoms with Crippen molar-refractivity contribution in [2.24, 2.45) is 0 Å². The topological polar surface area (TPSA) is 221 Å². The minimum Gasteiger partial charge on any atom is -0.465 e. The van der Waals surface area contributed by atoms with E-state index >= 15 is 0 Å². The molecular weight excluding hydrogens is 1400 g/mol. The number of carbonyl (C=O) groups is 2. The molecule has 1 unspecified atom stereocenters. The van der Waals surface area contributed by atoms with Crippen molar-refractivity contribution in [1.82, 2.24) is 0 Å². The second-order valence-corrected chi connectivity index (χ2v) is 27.2. The molecule has 3 aliphatic rings. The smallest absolute Gasteiger partial charge is 0.338 e. The van der Waals surface area contributed by atoms with Gasteiger partial charge in [0.05, 0.1) is 98.0 Å². The third-order valence-electron chi connectivity index (χ3n) is 19.6. The van der Waals surface area contributed by atoms with Crippen LogP contribution in [0.1, 0.15) is 88.2 Å². The van der Waals surface area contributed by atoms with E-state index < -0.39 is 117 Å². The van der Waals surface area contributed by atoms with Crippen LogP contribution in [0.4, 0.5) is 0 Å². The number of hydrogen-bond acceptors (Lipinski definition) is 21. The van der Waals surface area contributed by atoms with Gasteiger partial charge in [-0.25, -0.2) is 9.59 Å². The van der Waals surface area contributed by atoms with Gasteiger partial charge in [-0.05, 0) is 81.6 Å². The predicted molar refractivity (Wildman–Crippen MR) is 405 cm³/mol. The van der Waals surface area contributed by atoms with Crippen LogP contribution in [-0.4, -0.2) is 157 Å². The van der Waals surface area contributed by atoms with Crippen molar-refractivity contribution in [1.29, 1.82) is 0 Å². The maximum atomic E-state index is 13.6. The van der Waals surface area contributed by atoms with Crippen molar-refractivity contribution in [3.8, 4) is 0 Å². The molecule has 1 N–H and O–H groups in total. The number of esters is 2. The molecule has 580 valence electrons. The first-order valence-corrected chi connectivity index (χ1v) is 37.1. The minimum atomic E-state index is -1.48. The Hall–Kier alpha value is -8.76. The molecule has 12 rings (SSSR count). The molecule has 0 amide bonds. The van der Waals surface area contributed by atoms with E-state index in [2.05, 4.69) is 0 Å². The molecule has 0 radical (unpaired) electrons. The van der Waals surface area contributed by atoms with E-state index in [9.17, 15) is 14.7 Å². The van der Waals surface area contributed by atoms with Gasteiger partial charge >= 0.3 is 11.9 Å². The summed E-state index contributed by atoms with van der Waals surface area (Å²) < 4.78 is 124. The average molecular weight is 1500 g/mol. The van der Waals surface area contributed by atoms with E-state index in [4.69, 9.17) is 85.3 Å². The highest BCUT2D eigenvalue weighted by Crippen LogP contribution is 2.40. The quantitative estimate of drug-likeness (QED) is 0.0281. The number of carbonyl (C=O) groups excluding carboxylic acids is 2. The zero-order valence-corrected chi connectivity index (χ0v) is 62.8. The van der Waals surface area contributed by atoms with Crippen LogP contribution >= 0.6 is 0 Å². The Bertz CT molecular complexity index is 4190. The molecule has 16 atom stereocenters. The fourth-order valence-corrected chi connectivity index (χ4v) is 13.8. The van der Waals surface area contributed by atoms with Gasteiger partial charge in [0, 0.05) is 19.8 Å². The van der Waals surface area contributed by atoms with Crippen LogP contribution < -0.4 is 0 Å². The van der Waals surface area contributed by atoms with E-state index in [-0.39, 0.29) is 66.1 Å². The molecule has 21 heteroatoms. The summed E-state index contributed by atoms with van der Waals surface area (Å²) in [6.45, 7) is 3.07. The summed E-state index contributed by atoms with van der Waals surface area (Å²) in [5, 5.41) is 11.8. The molecule has 0 spiro atoms. The van der Waals surface area contributed by atoms with E-state index in [1.807, 2.05) is 250 Å². The van der Waals surface area contributed by atoms with Gasteiger partial charge in [0.2, 0.25) is 0 Å². The Kier molecular flexibility index (Phi) is 30.5. The van der Waals surface area contributed by atoms with Gasteiger partial charge in [-0.15, -0.1) is 0 Å². The Labute approximate surface area is 643 Å². The molecule has 3 aliphatic heterocycles. The Balaban J connectivity index is 1.01. The first kappa shape index (κ1) is 80.7. The highest BCUT2D eigenvalue weighted by Gasteiger charge is 2.57. The lowest BCUT2D eigenvalue weighted by Crippen LogP contribution is -2.68. The summed E-state index contributed by atoms with van der Waals surface area (Å²) in [5.41, 5.74) is 9.21. The van der Waals surface area contributed by atoms with Crippen LogP contribution in [-0.2, 0) is 138 Å². The standard InChI is InChI=1S/C89H98O21/c1-59-42-44-67(46-70(59)84(91)93-3)49-97-57-73-76(79(100-52-63-32-18-9-19-33-63)81(87(96-6)107-73)102-53-64-34-20-10-21-35-64)109-89-83(104-55-66-38-24-12-25-39-66)80(101-56-68-45-43-60(2)71(47-68)85(92)94-4)77(74(108-89)58-105-86(95-5)69-40-26-13-27-41-69)110-88-82(103-54-65-36-22-11-23-37-65)78(99-51-62-30-16-8-17-31-62)75(72(48-90)106-88)98-50-61-28-14-7-15-29-61/h7-47,72-83,86-90H,48-58H2,1-6H3/t72-,73-,74-,75-,76-,77-,78+,79+,80+,81-,82-,83-,86?,87+,88-,89+/m1/s1. The predicted octanol–water partition coefficient (Wildman–Crippen LogP) is 13.4. The zero-order chi connectivity index (χ0) is 76.4. The molecule has 0 aromatic heterocycles. The second-order valence-electron chi connectivity index (χ2n) is 27.2. The van der Waals surface area contributed by atoms with Crippen LogP contribution in [0.25, 0.3) is 0 Å². The number of aliphatic hydroxyl groups is 1. The summed E-state index contributed by atoms with van der Waals surface area (Å²) in [5.74, 6) is -1.02. The number of ether oxygens (including phenoxy) is 18. The van der Waals surface area contributed by atoms with Crippen molar-refractivity contribution >= 4 is 11.9 Å². The van der Waals surface area contributed by atoms with Crippen molar-refractivity contribution in [2.75, 3.05) is 48.3 Å². The highest BCUT2D eigenvalue weighted by molar-refractivity contribution is 5.91. The van der Waals surface area contributed by atoms with E-state index in [0.717, 1.165) is 38.9 Å². The van der Waals surface area contributed by atoms with Crippen molar-refractivity contribution in [3.63, 3.8) is 0 Å². The number of rotatable bonds is 38. The van der Waals surface area contributed by atoms with Crippen molar-refractivity contribution < 1.29 is 100.0 Å². The highest BCUT2D eigenvalue weighted by atomic mass is 16.8. The summed E-state index contributed by atoms with van der Waals surface area (Å²) in [6, 6.07) is 78.7. The molecule has 9 aromatic carbocycles. The van der Waals surface area contributed by atoms with Crippen LogP contribution in [0.15, 0.2) is 249 Å². The third-order valence-corrected chi connectivity index (χ3v) is 19.6. The van der Waals surface area contributed by atoms with Crippen LogP contribution in [0.3, 0.4) is 0 Å². The molecule has 110 heavy (non-hydrogen) atoms. The normalized spacial score (nSPS) is 24.3. The number of hydrogen-bond donors (Lipinski definition) is 1. The largest absolute Gasteiger partial charge is 0.465 e. The first-order chi connectivity index (χ1) is 54.0. The number of benzene rings is 9. The van der Waals surface area contributed by atoms with Gasteiger partial charge in [0.25, 0.3) is 0 Å². The van der Waals surface area contributed by atoms with E-state index in [1.165, 1.54) is 14.2 Å². The summed E-state index contributed by atoms with van der Waals surface area (Å²) >= 11 is 0. The maximum absolute atomic E-state index is 13.6. The average Bonchev–Trinajstić information content (AvgIpc) is 0.762. The summed E-state index contributed by atoms with van der Waals surface area (Å²) in [7, 11) is 5.77. The van der Waals surface area contributed by atoms with Gasteiger partial charge in [0.1, 0.15) is 73.2 Å². The van der Waals surface area contributed by atoms with Gasteiger partial charge < -0.3 is 90.4 Å². The Morgan fingerprint density at radius 1 is 0.345 bits per heavy atom. The number of methoxy groups -OCH3 is 4. The first-order valence-electron chi connectivity index (χ1n) is 37.1. The lowest BCUT2D eigenvalue weighted by Gasteiger charge is -2.51. The zero-order valence-electron chi connectivity index (χ0n) is 62.8. The summed E-state index contributed by atoms with van der Waals surface area (Å²) in [6.07, 6.45) is -18.5. The number of aliphatic hydroxyl groups excluding tert-OH is 1. The molecule has 0 bridgehead atoms. The molecule has 3 saturated heterocycles. The van der Waals surface area contributed by atoms with Gasteiger partial charge in [0.15, 0.2) is 25.2 Å². The fourth-order valence-electron chi connectivity index (χ4n) is 13.8. The van der Waals surface area contributed by atoms with E-state index in [0.29, 0.717) is 33.4 Å². The lowest BCUT2D eigenvalue weighted by atomic mass is 9.94. The molecular formula is C89H98O21. The molecule has 0 aliphatic carbocycles. The molecule has 3 heterocycles. The molecule has 3 fully saturated rings. The third kappa shape index (κ3) is 21.9. The SMILES string of the molecule is COC(=O)c1cc(COC[C@H]2O[C@H](OC)[C@H](OCc3ccccc3)[C@@H](OCc3ccccc3)[C@@H]2O[C@@H]2O[C@H](COC(OC)c3ccccc3)[C@@H](O[C@H]3O[C@H](CO)[C@@H](OCc4ccccc4)[C@H](OCc4ccccc4)[C@H]3OCc3ccccc3)[C@H](OCc3ccc(C)c(C(=O)OC)c3)[C@H]2OCc2ccccc2)ccc1C. The van der Waals surface area contributed by atoms with Crippen molar-refractivity contribution in [2.45, 2.75) is 165 Å². The van der Waals surface area contributed by atoms with Gasteiger partial charge in [-0.3, -0.25) is 0 Å². The Morgan fingerprint density at radius 3 is 1.04 bits per heavy atom. The number of aryl methyl sites for hydroxylation is 2. The monoisotopic (exact) mass is 1500 g/mol. The van der Waals surface area contributed by atoms with E-state index in [1.54, 1.807) is 26.4 Å². The maximum Gasteiger partial charge on any atom is 0.338 e. The minimum absolute atomic E-state index is 0.0231. The molecule has 21 nitrogen and oxygen atoms in total.